The molecule has 3 heteroatoms. The molecular weight excluding hydrogens is 234 g/mol. The van der Waals surface area contributed by atoms with Gasteiger partial charge >= 0.3 is 0 Å². The SMILES string of the molecule is CC(=O)NC(C)Cc1cc(C)c(C)cc1CCl. The highest BCUT2D eigenvalue weighted by Gasteiger charge is 2.09. The van der Waals surface area contributed by atoms with Crippen molar-refractivity contribution >= 4 is 17.5 Å². The third-order valence-corrected chi connectivity index (χ3v) is 3.22. The average molecular weight is 254 g/mol. The summed E-state index contributed by atoms with van der Waals surface area (Å²) in [6.45, 7) is 7.74. The molecule has 0 spiro atoms. The Morgan fingerprint density at radius 2 is 1.82 bits per heavy atom. The molecule has 0 fully saturated rings. The van der Waals surface area contributed by atoms with E-state index in [0.717, 1.165) is 12.0 Å². The van der Waals surface area contributed by atoms with Gasteiger partial charge in [0.25, 0.3) is 0 Å². The van der Waals surface area contributed by atoms with Gasteiger partial charge in [-0.25, -0.2) is 0 Å². The molecule has 0 aliphatic carbocycles. The highest BCUT2D eigenvalue weighted by molar-refractivity contribution is 6.17. The summed E-state index contributed by atoms with van der Waals surface area (Å²) in [6, 6.07) is 4.44. The minimum atomic E-state index is 0.00811. The maximum absolute atomic E-state index is 11.0. The molecule has 1 amide bonds. The van der Waals surface area contributed by atoms with Crippen molar-refractivity contribution in [2.75, 3.05) is 0 Å². The van der Waals surface area contributed by atoms with Gasteiger partial charge in [0.05, 0.1) is 0 Å². The standard InChI is InChI=1S/C14H20ClNO/c1-9-5-13(7-11(3)16-12(4)17)14(8-15)6-10(9)2/h5-6,11H,7-8H2,1-4H3,(H,16,17). The maximum atomic E-state index is 11.0. The summed E-state index contributed by atoms with van der Waals surface area (Å²) in [5, 5.41) is 2.89. The third-order valence-electron chi connectivity index (χ3n) is 2.94. The van der Waals surface area contributed by atoms with Crippen LogP contribution < -0.4 is 5.32 Å². The summed E-state index contributed by atoms with van der Waals surface area (Å²) in [5.74, 6) is 0.525. The summed E-state index contributed by atoms with van der Waals surface area (Å²) in [5.41, 5.74) is 4.91. The van der Waals surface area contributed by atoms with Crippen LogP contribution in [0.25, 0.3) is 0 Å². The molecule has 1 rings (SSSR count). The van der Waals surface area contributed by atoms with Crippen LogP contribution in [-0.2, 0) is 17.1 Å². The smallest absolute Gasteiger partial charge is 0.217 e. The van der Waals surface area contributed by atoms with Gasteiger partial charge in [-0.2, -0.15) is 0 Å². The lowest BCUT2D eigenvalue weighted by Crippen LogP contribution is -2.32. The Bertz CT molecular complexity index is 415. The van der Waals surface area contributed by atoms with Gasteiger partial charge in [-0.15, -0.1) is 11.6 Å². The van der Waals surface area contributed by atoms with Crippen LogP contribution in [0.1, 0.15) is 36.1 Å². The summed E-state index contributed by atoms with van der Waals surface area (Å²) in [7, 11) is 0. The first-order valence-electron chi connectivity index (χ1n) is 5.86. The Labute approximate surface area is 108 Å². The van der Waals surface area contributed by atoms with Crippen molar-refractivity contribution in [3.05, 3.63) is 34.4 Å². The van der Waals surface area contributed by atoms with Gasteiger partial charge in [0.2, 0.25) is 5.91 Å². The highest BCUT2D eigenvalue weighted by Crippen LogP contribution is 2.19. The van der Waals surface area contributed by atoms with Gasteiger partial charge in [-0.05, 0) is 49.4 Å². The quantitative estimate of drug-likeness (QED) is 0.821. The van der Waals surface area contributed by atoms with Gasteiger partial charge in [-0.3, -0.25) is 4.79 Å². The first kappa shape index (κ1) is 14.0. The van der Waals surface area contributed by atoms with E-state index in [1.807, 2.05) is 6.92 Å². The van der Waals surface area contributed by atoms with E-state index in [1.165, 1.54) is 16.7 Å². The van der Waals surface area contributed by atoms with Crippen molar-refractivity contribution in [3.8, 4) is 0 Å². The first-order chi connectivity index (χ1) is 7.93. The van der Waals surface area contributed by atoms with E-state index in [2.05, 4.69) is 31.3 Å². The zero-order valence-corrected chi connectivity index (χ0v) is 11.7. The number of carbonyl (C=O) groups excluding carboxylic acids is 1. The first-order valence-corrected chi connectivity index (χ1v) is 6.39. The lowest BCUT2D eigenvalue weighted by molar-refractivity contribution is -0.119. The van der Waals surface area contributed by atoms with Crippen LogP contribution in [0.4, 0.5) is 0 Å². The van der Waals surface area contributed by atoms with Crippen LogP contribution in [0, 0.1) is 13.8 Å². The zero-order chi connectivity index (χ0) is 13.0. The topological polar surface area (TPSA) is 29.1 Å². The van der Waals surface area contributed by atoms with Gasteiger partial charge in [0.15, 0.2) is 0 Å². The van der Waals surface area contributed by atoms with Crippen LogP contribution in [0.2, 0.25) is 0 Å². The summed E-state index contributed by atoms with van der Waals surface area (Å²) in [4.78, 5) is 11.0. The lowest BCUT2D eigenvalue weighted by Gasteiger charge is -2.16. The number of aryl methyl sites for hydroxylation is 2. The van der Waals surface area contributed by atoms with E-state index < -0.39 is 0 Å². The Kier molecular flexibility index (Phi) is 5.01. The molecule has 0 aliphatic heterocycles. The van der Waals surface area contributed by atoms with Gasteiger partial charge in [0, 0.05) is 18.8 Å². The Morgan fingerprint density at radius 3 is 2.29 bits per heavy atom. The predicted octanol–water partition coefficient (Wildman–Crippen LogP) is 3.11. The second kappa shape index (κ2) is 6.06. The predicted molar refractivity (Wildman–Crippen MR) is 72.5 cm³/mol. The minimum Gasteiger partial charge on any atom is -0.354 e. The average Bonchev–Trinajstić information content (AvgIpc) is 2.21. The second-order valence-electron chi connectivity index (χ2n) is 4.64. The monoisotopic (exact) mass is 253 g/mol. The molecule has 0 aliphatic rings. The van der Waals surface area contributed by atoms with Crippen molar-refractivity contribution in [1.82, 2.24) is 5.32 Å². The number of hydrogen-bond acceptors (Lipinski definition) is 1. The summed E-state index contributed by atoms with van der Waals surface area (Å²) >= 11 is 5.96. The molecule has 1 atom stereocenters. The van der Waals surface area contributed by atoms with Crippen LogP contribution in [0.3, 0.4) is 0 Å². The largest absolute Gasteiger partial charge is 0.354 e. The number of amides is 1. The van der Waals surface area contributed by atoms with E-state index in [9.17, 15) is 4.79 Å². The van der Waals surface area contributed by atoms with Crippen LogP contribution in [-0.4, -0.2) is 11.9 Å². The molecule has 94 valence electrons. The Morgan fingerprint density at radius 1 is 1.29 bits per heavy atom. The lowest BCUT2D eigenvalue weighted by atomic mass is 9.96. The number of nitrogens with one attached hydrogen (secondary N) is 1. The molecule has 0 aromatic heterocycles. The van der Waals surface area contributed by atoms with Gasteiger partial charge in [-0.1, -0.05) is 12.1 Å². The fourth-order valence-corrected chi connectivity index (χ4v) is 2.23. The van der Waals surface area contributed by atoms with Crippen molar-refractivity contribution < 1.29 is 4.79 Å². The molecule has 17 heavy (non-hydrogen) atoms. The molecule has 2 nitrogen and oxygen atoms in total. The second-order valence-corrected chi connectivity index (χ2v) is 4.91. The normalized spacial score (nSPS) is 12.3. The minimum absolute atomic E-state index is 0.00811. The van der Waals surface area contributed by atoms with E-state index in [1.54, 1.807) is 6.92 Å². The molecule has 1 N–H and O–H groups in total. The van der Waals surface area contributed by atoms with Crippen molar-refractivity contribution in [2.24, 2.45) is 0 Å². The number of alkyl halides is 1. The van der Waals surface area contributed by atoms with E-state index in [-0.39, 0.29) is 11.9 Å². The molecular formula is C14H20ClNO. The Hall–Kier alpha value is -1.02. The van der Waals surface area contributed by atoms with Gasteiger partial charge in [0.1, 0.15) is 0 Å². The van der Waals surface area contributed by atoms with Crippen LogP contribution >= 0.6 is 11.6 Å². The van der Waals surface area contributed by atoms with E-state index in [4.69, 9.17) is 11.6 Å². The number of hydrogen-bond donors (Lipinski definition) is 1. The number of benzene rings is 1. The molecule has 0 saturated carbocycles. The highest BCUT2D eigenvalue weighted by atomic mass is 35.5. The van der Waals surface area contributed by atoms with E-state index in [0.29, 0.717) is 5.88 Å². The summed E-state index contributed by atoms with van der Waals surface area (Å²) < 4.78 is 0. The molecule has 1 unspecified atom stereocenters. The fourth-order valence-electron chi connectivity index (χ4n) is 1.98. The third kappa shape index (κ3) is 4.04. The zero-order valence-electron chi connectivity index (χ0n) is 10.9. The molecule has 1 aromatic rings. The molecule has 1 aromatic carbocycles. The van der Waals surface area contributed by atoms with Crippen LogP contribution in [0.15, 0.2) is 12.1 Å². The van der Waals surface area contributed by atoms with E-state index >= 15 is 0 Å². The summed E-state index contributed by atoms with van der Waals surface area (Å²) in [6.07, 6.45) is 0.822. The number of halogens is 1. The molecule has 0 bridgehead atoms. The number of rotatable bonds is 4. The molecule has 0 saturated heterocycles. The Balaban J connectivity index is 2.89. The fraction of sp³-hybridized carbons (Fsp3) is 0.500. The number of carbonyl (C=O) groups is 1. The van der Waals surface area contributed by atoms with Crippen LogP contribution in [0.5, 0.6) is 0 Å². The van der Waals surface area contributed by atoms with Crippen molar-refractivity contribution in [3.63, 3.8) is 0 Å². The molecule has 0 heterocycles. The molecule has 0 radical (unpaired) electrons. The van der Waals surface area contributed by atoms with Crippen molar-refractivity contribution in [1.29, 1.82) is 0 Å². The van der Waals surface area contributed by atoms with Crippen molar-refractivity contribution in [2.45, 2.75) is 46.0 Å². The van der Waals surface area contributed by atoms with Gasteiger partial charge < -0.3 is 5.32 Å². The maximum Gasteiger partial charge on any atom is 0.217 e.